The highest BCUT2D eigenvalue weighted by Gasteiger charge is 2.22. The van der Waals surface area contributed by atoms with Gasteiger partial charge in [-0.25, -0.2) is 0 Å². The maximum Gasteiger partial charge on any atom is 0.306 e. The van der Waals surface area contributed by atoms with E-state index in [2.05, 4.69) is 0 Å². The van der Waals surface area contributed by atoms with Gasteiger partial charge in [-0.15, -0.1) is 0 Å². The molecular formula is C25H25ClO3. The molecule has 0 unspecified atom stereocenters. The van der Waals surface area contributed by atoms with Crippen LogP contribution in [0.2, 0.25) is 5.02 Å². The highest BCUT2D eigenvalue weighted by molar-refractivity contribution is 6.30. The largest absolute Gasteiger partial charge is 0.481 e. The van der Waals surface area contributed by atoms with Gasteiger partial charge in [-0.05, 0) is 60.1 Å². The standard InChI is InChI=1S/C25H25ClO3/c26-23-15-13-20(14-16-23)19-9-11-21(12-10-19)24(27)17-22(25(28)29)8-4-7-18-5-2-1-3-6-18/h1-3,5-6,9-16,22,24,27H,4,7-8,17H2,(H,28,29)/t22-,24+/m0/s1. The first-order valence-electron chi connectivity index (χ1n) is 9.83. The zero-order valence-electron chi connectivity index (χ0n) is 16.2. The lowest BCUT2D eigenvalue weighted by atomic mass is 9.91. The molecular weight excluding hydrogens is 384 g/mol. The summed E-state index contributed by atoms with van der Waals surface area (Å²) in [6.07, 6.45) is 1.58. The summed E-state index contributed by atoms with van der Waals surface area (Å²) in [5, 5.41) is 20.8. The van der Waals surface area contributed by atoms with Crippen molar-refractivity contribution in [3.8, 4) is 11.1 Å². The predicted molar refractivity (Wildman–Crippen MR) is 117 cm³/mol. The Kier molecular flexibility index (Phi) is 7.45. The Morgan fingerprint density at radius 3 is 2.03 bits per heavy atom. The van der Waals surface area contributed by atoms with Gasteiger partial charge < -0.3 is 10.2 Å². The molecule has 3 rings (SSSR count). The molecule has 0 heterocycles. The van der Waals surface area contributed by atoms with Gasteiger partial charge >= 0.3 is 5.97 Å². The molecule has 0 aromatic heterocycles. The molecule has 2 N–H and O–H groups in total. The number of hydrogen-bond acceptors (Lipinski definition) is 2. The van der Waals surface area contributed by atoms with Crippen LogP contribution in [0.3, 0.4) is 0 Å². The zero-order chi connectivity index (χ0) is 20.6. The third kappa shape index (κ3) is 6.18. The van der Waals surface area contributed by atoms with Crippen molar-refractivity contribution < 1.29 is 15.0 Å². The molecule has 0 aliphatic carbocycles. The molecule has 0 radical (unpaired) electrons. The fraction of sp³-hybridized carbons (Fsp3) is 0.240. The Bertz CT molecular complexity index is 905. The number of carboxylic acids is 1. The molecule has 3 aromatic carbocycles. The molecule has 0 aliphatic heterocycles. The normalized spacial score (nSPS) is 13.0. The first-order valence-corrected chi connectivity index (χ1v) is 10.2. The van der Waals surface area contributed by atoms with Crippen molar-refractivity contribution in [3.63, 3.8) is 0 Å². The second-order valence-corrected chi connectivity index (χ2v) is 7.73. The van der Waals surface area contributed by atoms with Crippen molar-refractivity contribution in [1.29, 1.82) is 0 Å². The maximum absolute atomic E-state index is 11.7. The van der Waals surface area contributed by atoms with E-state index in [4.69, 9.17) is 11.6 Å². The van der Waals surface area contributed by atoms with Gasteiger partial charge in [0.25, 0.3) is 0 Å². The summed E-state index contributed by atoms with van der Waals surface area (Å²) in [6.45, 7) is 0. The van der Waals surface area contributed by atoms with Crippen LogP contribution in [0.15, 0.2) is 78.9 Å². The van der Waals surface area contributed by atoms with Crippen LogP contribution in [0.4, 0.5) is 0 Å². The third-order valence-electron chi connectivity index (χ3n) is 5.19. The summed E-state index contributed by atoms with van der Waals surface area (Å²) < 4.78 is 0. The number of halogens is 1. The summed E-state index contributed by atoms with van der Waals surface area (Å²) in [6, 6.07) is 25.2. The van der Waals surface area contributed by atoms with Gasteiger partial charge in [-0.3, -0.25) is 4.79 Å². The van der Waals surface area contributed by atoms with Gasteiger partial charge in [0.2, 0.25) is 0 Å². The van der Waals surface area contributed by atoms with Crippen LogP contribution in [0.5, 0.6) is 0 Å². The van der Waals surface area contributed by atoms with Crippen LogP contribution in [-0.4, -0.2) is 16.2 Å². The van der Waals surface area contributed by atoms with Gasteiger partial charge in [0.05, 0.1) is 12.0 Å². The van der Waals surface area contributed by atoms with E-state index < -0.39 is 18.0 Å². The molecule has 3 aromatic rings. The van der Waals surface area contributed by atoms with Gasteiger partial charge in [0, 0.05) is 5.02 Å². The van der Waals surface area contributed by atoms with E-state index in [1.165, 1.54) is 5.56 Å². The number of aliphatic hydroxyl groups is 1. The van der Waals surface area contributed by atoms with Gasteiger partial charge in [-0.1, -0.05) is 78.3 Å². The van der Waals surface area contributed by atoms with E-state index in [-0.39, 0.29) is 6.42 Å². The quantitative estimate of drug-likeness (QED) is 0.446. The Morgan fingerprint density at radius 2 is 1.45 bits per heavy atom. The minimum Gasteiger partial charge on any atom is -0.481 e. The highest BCUT2D eigenvalue weighted by atomic mass is 35.5. The van der Waals surface area contributed by atoms with Gasteiger partial charge in [-0.2, -0.15) is 0 Å². The number of carboxylic acid groups (broad SMARTS) is 1. The van der Waals surface area contributed by atoms with Crippen molar-refractivity contribution >= 4 is 17.6 Å². The fourth-order valence-electron chi connectivity index (χ4n) is 3.49. The second-order valence-electron chi connectivity index (χ2n) is 7.29. The Hall–Kier alpha value is -2.62. The van der Waals surface area contributed by atoms with Crippen LogP contribution >= 0.6 is 11.6 Å². The summed E-state index contributed by atoms with van der Waals surface area (Å²) >= 11 is 5.93. The number of carbonyl (C=O) groups is 1. The predicted octanol–water partition coefficient (Wildman–Crippen LogP) is 6.15. The number of aliphatic carboxylic acids is 1. The minimum absolute atomic E-state index is 0.213. The smallest absolute Gasteiger partial charge is 0.306 e. The Balaban J connectivity index is 1.58. The van der Waals surface area contributed by atoms with E-state index in [1.807, 2.05) is 78.9 Å². The lowest BCUT2D eigenvalue weighted by Gasteiger charge is -2.17. The summed E-state index contributed by atoms with van der Waals surface area (Å²) in [5.74, 6) is -1.42. The zero-order valence-corrected chi connectivity index (χ0v) is 16.9. The van der Waals surface area contributed by atoms with Crippen molar-refractivity contribution in [1.82, 2.24) is 0 Å². The molecule has 150 valence electrons. The first-order chi connectivity index (χ1) is 14.0. The van der Waals surface area contributed by atoms with Gasteiger partial charge in [0.15, 0.2) is 0 Å². The number of hydrogen-bond donors (Lipinski definition) is 2. The Morgan fingerprint density at radius 1 is 0.862 bits per heavy atom. The van der Waals surface area contributed by atoms with Crippen LogP contribution in [0.1, 0.15) is 36.5 Å². The van der Waals surface area contributed by atoms with Crippen LogP contribution in [-0.2, 0) is 11.2 Å². The summed E-state index contributed by atoms with van der Waals surface area (Å²) in [5.41, 5.74) is 4.00. The Labute approximate surface area is 176 Å². The van der Waals surface area contributed by atoms with Crippen LogP contribution < -0.4 is 0 Å². The van der Waals surface area contributed by atoms with Crippen molar-refractivity contribution in [2.45, 2.75) is 31.8 Å². The van der Waals surface area contributed by atoms with Crippen LogP contribution in [0, 0.1) is 5.92 Å². The molecule has 0 saturated heterocycles. The molecule has 0 spiro atoms. The van der Waals surface area contributed by atoms with Crippen LogP contribution in [0.25, 0.3) is 11.1 Å². The molecule has 0 aliphatic rings. The third-order valence-corrected chi connectivity index (χ3v) is 5.44. The van der Waals surface area contributed by atoms with Crippen molar-refractivity contribution in [3.05, 3.63) is 95.0 Å². The number of aryl methyl sites for hydroxylation is 1. The summed E-state index contributed by atoms with van der Waals surface area (Å²) in [4.78, 5) is 11.7. The second kappa shape index (κ2) is 10.2. The van der Waals surface area contributed by atoms with Crippen molar-refractivity contribution in [2.24, 2.45) is 5.92 Å². The molecule has 2 atom stereocenters. The van der Waals surface area contributed by atoms with E-state index in [0.29, 0.717) is 11.4 Å². The van der Waals surface area contributed by atoms with E-state index in [1.54, 1.807) is 0 Å². The average Bonchev–Trinajstić information content (AvgIpc) is 2.74. The molecule has 0 bridgehead atoms. The SMILES string of the molecule is O=C(O)[C@@H](CCCc1ccccc1)C[C@@H](O)c1ccc(-c2ccc(Cl)cc2)cc1. The van der Waals surface area contributed by atoms with Gasteiger partial charge in [0.1, 0.15) is 0 Å². The minimum atomic E-state index is -0.852. The molecule has 4 heteroatoms. The van der Waals surface area contributed by atoms with E-state index in [9.17, 15) is 15.0 Å². The van der Waals surface area contributed by atoms with E-state index >= 15 is 0 Å². The van der Waals surface area contributed by atoms with E-state index in [0.717, 1.165) is 29.5 Å². The first kappa shape index (κ1) is 21.1. The number of aliphatic hydroxyl groups excluding tert-OH is 1. The number of rotatable bonds is 9. The molecule has 0 fully saturated rings. The molecule has 0 saturated carbocycles. The topological polar surface area (TPSA) is 57.5 Å². The average molecular weight is 409 g/mol. The van der Waals surface area contributed by atoms with Crippen molar-refractivity contribution in [2.75, 3.05) is 0 Å². The highest BCUT2D eigenvalue weighted by Crippen LogP contribution is 2.28. The maximum atomic E-state index is 11.7. The molecule has 3 nitrogen and oxygen atoms in total. The lowest BCUT2D eigenvalue weighted by Crippen LogP contribution is -2.17. The molecule has 0 amide bonds. The fourth-order valence-corrected chi connectivity index (χ4v) is 3.61. The lowest BCUT2D eigenvalue weighted by molar-refractivity contribution is -0.143. The summed E-state index contributed by atoms with van der Waals surface area (Å²) in [7, 11) is 0. The number of benzene rings is 3. The molecule has 29 heavy (non-hydrogen) atoms. The monoisotopic (exact) mass is 408 g/mol.